The molecule has 0 aliphatic carbocycles. The average molecular weight is 1880 g/mol. The van der Waals surface area contributed by atoms with Crippen LogP contribution in [0.15, 0.2) is 115 Å². The zero-order valence-electron chi connectivity index (χ0n) is 70.3. The van der Waals surface area contributed by atoms with E-state index >= 15 is 24.0 Å². The second-order valence-corrected chi connectivity index (χ2v) is 34.0. The number of rotatable bonds is 19. The Bertz CT molecular complexity index is 5560. The summed E-state index contributed by atoms with van der Waals surface area (Å²) in [6.45, 7) is 1.97. The maximum absolute atomic E-state index is 17.0. The molecule has 2 unspecified atom stereocenters. The molecule has 3 fully saturated rings. The van der Waals surface area contributed by atoms with Crippen molar-refractivity contribution >= 4 is 76.4 Å². The van der Waals surface area contributed by atoms with Crippen molar-refractivity contribution in [2.45, 2.75) is 206 Å². The summed E-state index contributed by atoms with van der Waals surface area (Å²) in [5.41, 5.74) is 2.79. The van der Waals surface area contributed by atoms with Crippen molar-refractivity contribution in [2.75, 3.05) is 19.8 Å². The van der Waals surface area contributed by atoms with E-state index in [0.29, 0.717) is 18.8 Å². The molecule has 0 radical (unpaired) electrons. The molecule has 16 rings (SSSR count). The minimum absolute atomic E-state index is 0.0267. The topological polar surface area (TPSA) is 662 Å². The molecule has 0 spiro atoms. The summed E-state index contributed by atoms with van der Waals surface area (Å²) in [5.74, 6) is -19.2. The maximum atomic E-state index is 17.0. The van der Waals surface area contributed by atoms with Crippen LogP contribution in [0.3, 0.4) is 0 Å². The first-order chi connectivity index (χ1) is 62.9. The lowest BCUT2D eigenvalue weighted by molar-refractivity contribution is -0.284. The molecule has 42 nitrogen and oxygen atoms in total. The number of carboxylic acid groups (broad SMARTS) is 1. The van der Waals surface area contributed by atoms with Crippen LogP contribution in [0.4, 0.5) is 0 Å². The number of hydrogen-bond donors (Lipinski definition) is 24. The summed E-state index contributed by atoms with van der Waals surface area (Å²) in [6.07, 6.45) is -25.9. The van der Waals surface area contributed by atoms with Gasteiger partial charge in [-0.15, -0.1) is 0 Å². The van der Waals surface area contributed by atoms with E-state index in [0.717, 1.165) is 111 Å². The molecule has 44 heteroatoms. The maximum Gasteiger partial charge on any atom is 0.330 e. The van der Waals surface area contributed by atoms with E-state index in [2.05, 4.69) is 56.4 Å². The summed E-state index contributed by atoms with van der Waals surface area (Å²) in [7, 11) is 0. The van der Waals surface area contributed by atoms with Gasteiger partial charge in [-0.2, -0.15) is 0 Å². The van der Waals surface area contributed by atoms with Crippen LogP contribution >= 0.6 is 23.2 Å². The first-order valence-corrected chi connectivity index (χ1v) is 42.7. The minimum Gasteiger partial charge on any atom is -0.508 e. The van der Waals surface area contributed by atoms with Gasteiger partial charge in [0, 0.05) is 48.6 Å². The summed E-state index contributed by atoms with van der Waals surface area (Å²) in [5, 5.41) is 190. The number of aliphatic carboxylic acids is 1. The van der Waals surface area contributed by atoms with E-state index in [1.165, 1.54) is 30.3 Å². The highest BCUT2D eigenvalue weighted by Crippen LogP contribution is 2.51. The van der Waals surface area contributed by atoms with Gasteiger partial charge >= 0.3 is 5.97 Å². The highest BCUT2D eigenvalue weighted by atomic mass is 35.5. The lowest BCUT2D eigenvalue weighted by Crippen LogP contribution is -2.65. The van der Waals surface area contributed by atoms with Crippen molar-refractivity contribution in [1.29, 1.82) is 0 Å². The first kappa shape index (κ1) is 96.0. The van der Waals surface area contributed by atoms with Crippen molar-refractivity contribution in [3.63, 3.8) is 0 Å². The van der Waals surface area contributed by atoms with Gasteiger partial charge in [0.2, 0.25) is 65.6 Å². The summed E-state index contributed by atoms with van der Waals surface area (Å²) >= 11 is 14.7. The zero-order valence-corrected chi connectivity index (χ0v) is 71.8. The third-order valence-corrected chi connectivity index (χ3v) is 24.0. The van der Waals surface area contributed by atoms with Crippen LogP contribution in [0.2, 0.25) is 10.0 Å². The molecule has 706 valence electrons. The lowest BCUT2D eigenvalue weighted by atomic mass is 9.89. The Morgan fingerprint density at radius 3 is 1.68 bits per heavy atom. The molecule has 0 aromatic heterocycles. The minimum atomic E-state index is -2.59. The lowest BCUT2D eigenvalue weighted by Gasteiger charge is -2.44. The molecular formula is C88H97Cl2N9O33. The van der Waals surface area contributed by atoms with E-state index < -0.39 is 316 Å². The van der Waals surface area contributed by atoms with Crippen LogP contribution in [0.1, 0.15) is 135 Å². The van der Waals surface area contributed by atoms with Crippen LogP contribution in [0.25, 0.3) is 11.1 Å². The largest absolute Gasteiger partial charge is 0.508 e. The number of carbonyl (C=O) groups excluding carboxylic acids is 8. The fourth-order valence-electron chi connectivity index (χ4n) is 16.5. The third kappa shape index (κ3) is 20.7. The number of ether oxygens (including phenoxy) is 9. The molecule has 17 bridgehead atoms. The number of aliphatic hydroxyl groups is 10. The Balaban J connectivity index is 1.04. The first-order valence-electron chi connectivity index (χ1n) is 42.0. The van der Waals surface area contributed by atoms with Gasteiger partial charge in [0.25, 0.3) is 0 Å². The number of nitrogens with two attached hydrogens (primary N) is 1. The predicted molar refractivity (Wildman–Crippen MR) is 453 cm³/mol. The molecule has 9 aliphatic heterocycles. The number of fused-ring (bicyclic) bond motifs is 14. The smallest absolute Gasteiger partial charge is 0.330 e. The number of nitrogens with one attached hydrogen (secondary N) is 8. The number of amides is 8. The number of phenols is 4. The Morgan fingerprint density at radius 2 is 1.05 bits per heavy atom. The number of carbonyl (C=O) groups is 9. The SMILES string of the molecule is CC(=O)N[C@H]1[C@H](O[C@@H]2c3ccc(c(Cl)c3)Oc3cc4cc(c3O[C@@H]3O[C@H](CO)[C@@H](O)[C@H](O)[C@H]3NC(=O)CCCCCCC(C)C)Oc3ccc(cc3Cl)C[C@H]3NC(=O)[C@@H](N)c5ccc(O)c(c5)Oc5cc(O)cc(c5)C(NC3=O)C(=O)N[C@H]4C(=O)N[C@H]3C(=O)N[C@@H]2C(=O)NC(C(=O)O)c2cc(O)cc(O[C@H]4O[C@H](CO)[C@@H](O)[C@H](O)[C@@H]4O)c2-c2cc3ccc2O)O[C@H](CO)[C@@H](O)[C@@H]1O. The van der Waals surface area contributed by atoms with Gasteiger partial charge in [-0.3, -0.25) is 38.4 Å². The number of aliphatic hydroxyl groups excluding tert-OH is 10. The fraction of sp³-hybridized carbons (Fsp3) is 0.420. The van der Waals surface area contributed by atoms with Gasteiger partial charge in [0.05, 0.1) is 29.9 Å². The van der Waals surface area contributed by atoms with Gasteiger partial charge < -0.3 is 167 Å². The normalized spacial score (nSPS) is 28.9. The van der Waals surface area contributed by atoms with E-state index in [1.807, 2.05) is 0 Å². The second kappa shape index (κ2) is 40.6. The van der Waals surface area contributed by atoms with Crippen molar-refractivity contribution in [2.24, 2.45) is 11.7 Å². The van der Waals surface area contributed by atoms with E-state index in [4.69, 9.17) is 71.6 Å². The summed E-state index contributed by atoms with van der Waals surface area (Å²) in [6, 6.07) is 0.658. The van der Waals surface area contributed by atoms with Gasteiger partial charge in [0.1, 0.15) is 156 Å². The molecule has 8 amide bonds. The highest BCUT2D eigenvalue weighted by Gasteiger charge is 2.52. The molecule has 7 aromatic carbocycles. The van der Waals surface area contributed by atoms with Crippen LogP contribution in [-0.2, 0) is 68.5 Å². The Labute approximate surface area is 759 Å². The number of halogens is 2. The van der Waals surface area contributed by atoms with Crippen molar-refractivity contribution in [3.05, 3.63) is 164 Å². The van der Waals surface area contributed by atoms with Crippen molar-refractivity contribution < 1.29 is 162 Å². The summed E-state index contributed by atoms with van der Waals surface area (Å²) < 4.78 is 57.5. The fourth-order valence-corrected chi connectivity index (χ4v) is 16.9. The molecule has 0 saturated carbocycles. The quantitative estimate of drug-likeness (QED) is 0.0503. The number of benzene rings is 7. The number of aromatic hydroxyl groups is 4. The standard InChI is InChI=1S/C88H97Cl2N9O33/c1-33(2)8-6-4-5-7-9-60(108)94-68-74(113)71(110)58(31-101)129-87(68)132-78-55-25-40-26-56(78)126-52-17-13-38(23-47(52)90)77(131-86-67(92-34(3)103)73(112)70(109)57(30-100)128-86)69-84(121)98-66(85(122)123)45-28-42(105)29-54(127-88-76(115)75(114)72(111)59(32-102)130-88)61(45)44-22-37(12-14-49(44)106)63(81(118)99-69)96-83(120)65(40)97-82(119)64-39-20-41(104)27-43(21-39)124-53-24-36(11-15-50(53)107)62(91)80(117)93-48(79(116)95-64)19-35-10-16-51(125-55)46(89)18-35/h10-18,20-29,33,48,57-59,62-77,86-88,100-102,104-107,109-115H,4-9,19,30-32,91H2,1-3H3,(H,92,103)(H,93,117)(H,94,108)(H,95,116)(H,96,120)(H,97,119)(H,98,121)(H,99,118)(H,122,123)/t48-,57-,58-,59-,62+,63-,64?,65-,66?,67-,68-,69+,70-,71-,72-,73-,74-,75+,76+,77-,86+,87+,88+/m1/s1. The molecule has 23 atom stereocenters. The molecule has 7 aromatic rings. The third-order valence-electron chi connectivity index (χ3n) is 23.4. The van der Waals surface area contributed by atoms with E-state index in [9.17, 15) is 95.8 Å². The van der Waals surface area contributed by atoms with Crippen LogP contribution < -0.4 is 72.0 Å². The van der Waals surface area contributed by atoms with Gasteiger partial charge in [-0.05, 0) is 125 Å². The van der Waals surface area contributed by atoms with E-state index in [-0.39, 0.29) is 39.8 Å². The number of unbranched alkanes of at least 4 members (excludes halogenated alkanes) is 3. The molecule has 3 saturated heterocycles. The average Bonchev–Trinajstić information content (AvgIpc) is 0.748. The molecule has 132 heavy (non-hydrogen) atoms. The number of carboxylic acids is 1. The highest BCUT2D eigenvalue weighted by molar-refractivity contribution is 6.32. The molecule has 9 aliphatic rings. The van der Waals surface area contributed by atoms with Gasteiger partial charge in [0.15, 0.2) is 35.3 Å². The molecule has 9 heterocycles. The molecule has 25 N–H and O–H groups in total. The van der Waals surface area contributed by atoms with Gasteiger partial charge in [-0.1, -0.05) is 87.0 Å². The predicted octanol–water partition coefficient (Wildman–Crippen LogP) is 1.02. The van der Waals surface area contributed by atoms with Crippen LogP contribution in [0, 0.1) is 5.92 Å². The number of hydrogen-bond acceptors (Lipinski definition) is 33. The molecular weight excluding hydrogens is 1780 g/mol. The second-order valence-electron chi connectivity index (χ2n) is 33.2. The van der Waals surface area contributed by atoms with Crippen LogP contribution in [-0.4, -0.2) is 254 Å². The zero-order chi connectivity index (χ0) is 94.9. The van der Waals surface area contributed by atoms with E-state index in [1.54, 1.807) is 0 Å². The Morgan fingerprint density at radius 1 is 0.500 bits per heavy atom. The van der Waals surface area contributed by atoms with Gasteiger partial charge in [-0.25, -0.2) is 4.79 Å². The summed E-state index contributed by atoms with van der Waals surface area (Å²) in [4.78, 5) is 138. The monoisotopic (exact) mass is 1880 g/mol. The Kier molecular flexibility index (Phi) is 29.5. The number of phenolic OH excluding ortho intramolecular Hbond substituents is 4. The van der Waals surface area contributed by atoms with Crippen LogP contribution in [0.5, 0.6) is 69.0 Å². The van der Waals surface area contributed by atoms with Crippen molar-refractivity contribution in [3.8, 4) is 80.1 Å². The van der Waals surface area contributed by atoms with Crippen molar-refractivity contribution in [1.82, 2.24) is 42.5 Å². The Hall–Kier alpha value is -12.0.